The van der Waals surface area contributed by atoms with Crippen molar-refractivity contribution < 1.29 is 26.3 Å². The smallest absolute Gasteiger partial charge is 0.266 e. The van der Waals surface area contributed by atoms with Crippen molar-refractivity contribution in [2.45, 2.75) is 12.4 Å². The maximum Gasteiger partial charge on any atom is 0.435 e. The van der Waals surface area contributed by atoms with Crippen LogP contribution in [0.15, 0.2) is 18.3 Å². The van der Waals surface area contributed by atoms with Crippen molar-refractivity contribution in [3.05, 3.63) is 34.6 Å². The van der Waals surface area contributed by atoms with Crippen molar-refractivity contribution in [2.75, 3.05) is 0 Å². The topological polar surface area (TPSA) is 30.7 Å². The first-order valence-electron chi connectivity index (χ1n) is 5.34. The van der Waals surface area contributed by atoms with Gasteiger partial charge in [-0.2, -0.15) is 31.4 Å². The monoisotopic (exact) mass is 329 g/mol. The fraction of sp³-hybridized carbons (Fsp3) is 0.273. The minimum Gasteiger partial charge on any atom is -0.266 e. The number of hydrogen-bond donors (Lipinski definition) is 0. The Morgan fingerprint density at radius 3 is 2.10 bits per heavy atom. The summed E-state index contributed by atoms with van der Waals surface area (Å²) in [6, 6.07) is 1.27. The normalized spacial score (nSPS) is 12.8. The SMILES string of the molecule is Cn1nc(C(F)(F)F)cc1-c1ncc(C(F)(F)F)cc1Cl. The quantitative estimate of drug-likeness (QED) is 0.735. The number of aryl methyl sites for hydroxylation is 1. The van der Waals surface area contributed by atoms with Gasteiger partial charge in [0.05, 0.1) is 16.3 Å². The molecule has 0 aliphatic carbocycles. The van der Waals surface area contributed by atoms with Gasteiger partial charge >= 0.3 is 12.4 Å². The summed E-state index contributed by atoms with van der Waals surface area (Å²) in [6.45, 7) is 0. The maximum atomic E-state index is 12.5. The first kappa shape index (κ1) is 15.6. The summed E-state index contributed by atoms with van der Waals surface area (Å²) >= 11 is 5.68. The van der Waals surface area contributed by atoms with Crippen LogP contribution in [0.25, 0.3) is 11.4 Å². The van der Waals surface area contributed by atoms with Gasteiger partial charge in [0.15, 0.2) is 5.69 Å². The molecule has 2 aromatic heterocycles. The molecule has 0 atom stereocenters. The Morgan fingerprint density at radius 1 is 1.05 bits per heavy atom. The Labute approximate surface area is 119 Å². The molecular formula is C11H6ClF6N3. The van der Waals surface area contributed by atoms with Gasteiger partial charge in [0.2, 0.25) is 0 Å². The fourth-order valence-corrected chi connectivity index (χ4v) is 1.87. The molecule has 10 heteroatoms. The first-order valence-corrected chi connectivity index (χ1v) is 5.72. The van der Waals surface area contributed by atoms with Crippen molar-refractivity contribution in [2.24, 2.45) is 7.05 Å². The van der Waals surface area contributed by atoms with Crippen LogP contribution in [0.3, 0.4) is 0 Å². The minimum absolute atomic E-state index is 0.138. The van der Waals surface area contributed by atoms with Gasteiger partial charge in [0.1, 0.15) is 5.69 Å². The lowest BCUT2D eigenvalue weighted by atomic mass is 10.2. The summed E-state index contributed by atoms with van der Waals surface area (Å²) in [6.07, 6.45) is -8.81. The second-order valence-electron chi connectivity index (χ2n) is 4.09. The molecular weight excluding hydrogens is 324 g/mol. The number of pyridine rings is 1. The van der Waals surface area contributed by atoms with Crippen LogP contribution in [0.2, 0.25) is 5.02 Å². The predicted molar refractivity (Wildman–Crippen MR) is 61.5 cm³/mol. The first-order chi connectivity index (χ1) is 9.50. The number of aromatic nitrogens is 3. The molecule has 0 bridgehead atoms. The third-order valence-electron chi connectivity index (χ3n) is 2.58. The van der Waals surface area contributed by atoms with E-state index in [1.807, 2.05) is 0 Å². The summed E-state index contributed by atoms with van der Waals surface area (Å²) in [5, 5.41) is 2.83. The molecule has 0 saturated heterocycles. The molecule has 0 N–H and O–H groups in total. The highest BCUT2D eigenvalue weighted by atomic mass is 35.5. The van der Waals surface area contributed by atoms with Crippen molar-refractivity contribution in [1.82, 2.24) is 14.8 Å². The van der Waals surface area contributed by atoms with Gasteiger partial charge in [0.25, 0.3) is 0 Å². The van der Waals surface area contributed by atoms with Crippen LogP contribution in [-0.4, -0.2) is 14.8 Å². The highest BCUT2D eigenvalue weighted by Gasteiger charge is 2.36. The summed E-state index contributed by atoms with van der Waals surface area (Å²) in [5.74, 6) is 0. The lowest BCUT2D eigenvalue weighted by Gasteiger charge is -2.09. The third-order valence-corrected chi connectivity index (χ3v) is 2.87. The number of hydrogen-bond acceptors (Lipinski definition) is 2. The second-order valence-corrected chi connectivity index (χ2v) is 4.50. The summed E-state index contributed by atoms with van der Waals surface area (Å²) in [5.41, 5.74) is -2.62. The van der Waals surface area contributed by atoms with Gasteiger partial charge in [-0.15, -0.1) is 0 Å². The Hall–Kier alpha value is -1.77. The Kier molecular flexibility index (Phi) is 3.64. The Bertz CT molecular complexity index is 674. The minimum atomic E-state index is -4.67. The van der Waals surface area contributed by atoms with Crippen LogP contribution in [0.1, 0.15) is 11.3 Å². The van der Waals surface area contributed by atoms with Gasteiger partial charge in [-0.3, -0.25) is 9.67 Å². The van der Waals surface area contributed by atoms with E-state index in [0.717, 1.165) is 4.68 Å². The molecule has 114 valence electrons. The Balaban J connectivity index is 2.51. The maximum absolute atomic E-state index is 12.5. The highest BCUT2D eigenvalue weighted by molar-refractivity contribution is 6.33. The third kappa shape index (κ3) is 3.12. The number of halogens is 7. The lowest BCUT2D eigenvalue weighted by molar-refractivity contribution is -0.141. The average Bonchev–Trinajstić information content (AvgIpc) is 2.70. The van der Waals surface area contributed by atoms with Gasteiger partial charge < -0.3 is 0 Å². The summed E-state index contributed by atoms with van der Waals surface area (Å²) in [7, 11) is 1.21. The lowest BCUT2D eigenvalue weighted by Crippen LogP contribution is -2.07. The van der Waals surface area contributed by atoms with E-state index in [4.69, 9.17) is 11.6 Å². The van der Waals surface area contributed by atoms with Crippen molar-refractivity contribution in [3.8, 4) is 11.4 Å². The highest BCUT2D eigenvalue weighted by Crippen LogP contribution is 2.36. The largest absolute Gasteiger partial charge is 0.435 e. The van der Waals surface area contributed by atoms with Crippen molar-refractivity contribution >= 4 is 11.6 Å². The van der Waals surface area contributed by atoms with E-state index in [0.29, 0.717) is 18.3 Å². The zero-order chi connectivity index (χ0) is 16.0. The molecule has 0 spiro atoms. The summed E-state index contributed by atoms with van der Waals surface area (Å²) in [4.78, 5) is 3.49. The van der Waals surface area contributed by atoms with E-state index < -0.39 is 28.6 Å². The predicted octanol–water partition coefficient (Wildman–Crippen LogP) is 4.17. The van der Waals surface area contributed by atoms with E-state index >= 15 is 0 Å². The van der Waals surface area contributed by atoms with Crippen LogP contribution in [0, 0.1) is 0 Å². The second kappa shape index (κ2) is 4.90. The molecule has 2 aromatic rings. The zero-order valence-electron chi connectivity index (χ0n) is 10.2. The molecule has 3 nitrogen and oxygen atoms in total. The molecule has 0 radical (unpaired) electrons. The van der Waals surface area contributed by atoms with Crippen LogP contribution in [0.5, 0.6) is 0 Å². The molecule has 0 fully saturated rings. The van der Waals surface area contributed by atoms with E-state index in [1.165, 1.54) is 7.05 Å². The van der Waals surface area contributed by atoms with E-state index in [1.54, 1.807) is 0 Å². The number of rotatable bonds is 1. The van der Waals surface area contributed by atoms with Gasteiger partial charge in [0, 0.05) is 13.2 Å². The molecule has 0 aliphatic rings. The average molecular weight is 330 g/mol. The number of alkyl halides is 6. The van der Waals surface area contributed by atoms with Gasteiger partial charge in [-0.05, 0) is 12.1 Å². The molecule has 2 heterocycles. The Morgan fingerprint density at radius 2 is 1.67 bits per heavy atom. The van der Waals surface area contributed by atoms with E-state index in [2.05, 4.69) is 10.1 Å². The molecule has 0 aliphatic heterocycles. The molecule has 0 unspecified atom stereocenters. The summed E-state index contributed by atoms with van der Waals surface area (Å²) < 4.78 is 75.9. The van der Waals surface area contributed by atoms with Gasteiger partial charge in [-0.25, -0.2) is 0 Å². The van der Waals surface area contributed by atoms with Crippen LogP contribution in [0.4, 0.5) is 26.3 Å². The molecule has 21 heavy (non-hydrogen) atoms. The standard InChI is InChI=1S/C11H6ClF6N3/c1-21-7(3-8(20-21)11(16,17)18)9-6(12)2-5(4-19-9)10(13,14)15/h2-4H,1H3. The fourth-order valence-electron chi connectivity index (χ4n) is 1.61. The molecule has 0 amide bonds. The van der Waals surface area contributed by atoms with E-state index in [9.17, 15) is 26.3 Å². The zero-order valence-corrected chi connectivity index (χ0v) is 11.0. The molecule has 0 saturated carbocycles. The number of nitrogens with zero attached hydrogens (tertiary/aromatic N) is 3. The van der Waals surface area contributed by atoms with Crippen molar-refractivity contribution in [3.63, 3.8) is 0 Å². The van der Waals surface area contributed by atoms with Crippen LogP contribution < -0.4 is 0 Å². The molecule has 2 rings (SSSR count). The van der Waals surface area contributed by atoms with Crippen LogP contribution >= 0.6 is 11.6 Å². The van der Waals surface area contributed by atoms with E-state index in [-0.39, 0.29) is 11.4 Å². The van der Waals surface area contributed by atoms with Crippen LogP contribution in [-0.2, 0) is 19.4 Å². The van der Waals surface area contributed by atoms with Gasteiger partial charge in [-0.1, -0.05) is 11.6 Å². The molecule has 0 aromatic carbocycles. The van der Waals surface area contributed by atoms with Crippen molar-refractivity contribution in [1.29, 1.82) is 0 Å².